The zero-order chi connectivity index (χ0) is 21.4. The van der Waals surface area contributed by atoms with Gasteiger partial charge in [-0.3, -0.25) is 19.8 Å². The first-order valence-corrected chi connectivity index (χ1v) is 10.1. The van der Waals surface area contributed by atoms with Crippen LogP contribution < -0.4 is 10.2 Å². The molecule has 2 aromatic carbocycles. The van der Waals surface area contributed by atoms with Crippen LogP contribution in [0.15, 0.2) is 66.4 Å². The highest BCUT2D eigenvalue weighted by Crippen LogP contribution is 2.27. The third kappa shape index (κ3) is 3.56. The SMILES string of the molecule is Cc1ccc(N2C(=O)/C(=C/c3cccn3-c3ccccc3C)C(=O)NC2=S)cc1Cl. The normalized spacial score (nSPS) is 15.6. The molecule has 0 unspecified atom stereocenters. The highest BCUT2D eigenvalue weighted by Gasteiger charge is 2.34. The van der Waals surface area contributed by atoms with Gasteiger partial charge in [-0.25, -0.2) is 0 Å². The summed E-state index contributed by atoms with van der Waals surface area (Å²) >= 11 is 11.5. The summed E-state index contributed by atoms with van der Waals surface area (Å²) < 4.78 is 1.93. The molecule has 150 valence electrons. The Morgan fingerprint density at radius 2 is 1.77 bits per heavy atom. The summed E-state index contributed by atoms with van der Waals surface area (Å²) in [7, 11) is 0. The molecule has 1 aliphatic heterocycles. The molecule has 0 spiro atoms. The fourth-order valence-corrected chi connectivity index (χ4v) is 3.78. The summed E-state index contributed by atoms with van der Waals surface area (Å²) in [6.45, 7) is 3.88. The van der Waals surface area contributed by atoms with Crippen LogP contribution >= 0.6 is 23.8 Å². The van der Waals surface area contributed by atoms with Crippen LogP contribution in [-0.2, 0) is 9.59 Å². The van der Waals surface area contributed by atoms with Crippen LogP contribution in [0.5, 0.6) is 0 Å². The van der Waals surface area contributed by atoms with Crippen molar-refractivity contribution in [2.45, 2.75) is 13.8 Å². The van der Waals surface area contributed by atoms with Crippen molar-refractivity contribution in [1.29, 1.82) is 0 Å². The van der Waals surface area contributed by atoms with E-state index in [1.807, 2.05) is 61.0 Å². The van der Waals surface area contributed by atoms with Gasteiger partial charge >= 0.3 is 0 Å². The summed E-state index contributed by atoms with van der Waals surface area (Å²) in [5.74, 6) is -1.03. The smallest absolute Gasteiger partial charge is 0.270 e. The maximum absolute atomic E-state index is 13.2. The van der Waals surface area contributed by atoms with Crippen molar-refractivity contribution in [3.63, 3.8) is 0 Å². The minimum absolute atomic E-state index is 0.00571. The van der Waals surface area contributed by atoms with Gasteiger partial charge in [0.05, 0.1) is 5.69 Å². The molecule has 0 bridgehead atoms. The van der Waals surface area contributed by atoms with Crippen LogP contribution in [0, 0.1) is 13.8 Å². The lowest BCUT2D eigenvalue weighted by Crippen LogP contribution is -2.54. The number of aryl methyl sites for hydroxylation is 2. The van der Waals surface area contributed by atoms with Gasteiger partial charge in [-0.05, 0) is 73.6 Å². The van der Waals surface area contributed by atoms with Gasteiger partial charge in [0.15, 0.2) is 5.11 Å². The second-order valence-electron chi connectivity index (χ2n) is 6.98. The molecule has 0 atom stereocenters. The van der Waals surface area contributed by atoms with E-state index >= 15 is 0 Å². The molecular weight excluding hydrogens is 418 g/mol. The predicted octanol–water partition coefficient (Wildman–Crippen LogP) is 4.58. The van der Waals surface area contributed by atoms with Gasteiger partial charge in [-0.15, -0.1) is 0 Å². The molecule has 2 amide bonds. The molecule has 5 nitrogen and oxygen atoms in total. The Bertz CT molecular complexity index is 1230. The van der Waals surface area contributed by atoms with Gasteiger partial charge in [-0.1, -0.05) is 35.9 Å². The van der Waals surface area contributed by atoms with Gasteiger partial charge in [-0.2, -0.15) is 0 Å². The van der Waals surface area contributed by atoms with E-state index in [2.05, 4.69) is 5.32 Å². The average molecular weight is 436 g/mol. The molecule has 3 aromatic rings. The largest absolute Gasteiger partial charge is 0.317 e. The molecule has 1 saturated heterocycles. The van der Waals surface area contributed by atoms with E-state index in [0.29, 0.717) is 16.4 Å². The lowest BCUT2D eigenvalue weighted by Gasteiger charge is -2.29. The number of aromatic nitrogens is 1. The molecule has 1 fully saturated rings. The second-order valence-corrected chi connectivity index (χ2v) is 7.77. The number of rotatable bonds is 3. The summed E-state index contributed by atoms with van der Waals surface area (Å²) in [5.41, 5.74) is 4.12. The molecule has 30 heavy (non-hydrogen) atoms. The van der Waals surface area contributed by atoms with E-state index < -0.39 is 11.8 Å². The highest BCUT2D eigenvalue weighted by atomic mass is 35.5. The lowest BCUT2D eigenvalue weighted by molar-refractivity contribution is -0.122. The first-order valence-electron chi connectivity index (χ1n) is 9.28. The standard InChI is InChI=1S/C23H18ClN3O2S/c1-14-9-10-17(13-19(14)24)27-22(29)18(21(28)25-23(27)30)12-16-7-5-11-26(16)20-8-4-3-6-15(20)2/h3-13H,1-2H3,(H,25,28,30)/b18-12+. The zero-order valence-corrected chi connectivity index (χ0v) is 17.9. The predicted molar refractivity (Wildman–Crippen MR) is 123 cm³/mol. The molecule has 1 N–H and O–H groups in total. The zero-order valence-electron chi connectivity index (χ0n) is 16.3. The van der Waals surface area contributed by atoms with Crippen molar-refractivity contribution in [2.75, 3.05) is 4.90 Å². The summed E-state index contributed by atoms with van der Waals surface area (Å²) in [4.78, 5) is 27.1. The number of amides is 2. The number of hydrogen-bond donors (Lipinski definition) is 1. The monoisotopic (exact) mass is 435 g/mol. The number of anilines is 1. The number of hydrogen-bond acceptors (Lipinski definition) is 3. The number of halogens is 1. The molecule has 0 aliphatic carbocycles. The fourth-order valence-electron chi connectivity index (χ4n) is 3.33. The van der Waals surface area contributed by atoms with Gasteiger partial charge in [0.2, 0.25) is 0 Å². The minimum Gasteiger partial charge on any atom is -0.317 e. The number of nitrogens with zero attached hydrogens (tertiary/aromatic N) is 2. The van der Waals surface area contributed by atoms with Crippen LogP contribution in [0.2, 0.25) is 5.02 Å². The van der Waals surface area contributed by atoms with Crippen LogP contribution in [0.4, 0.5) is 5.69 Å². The van der Waals surface area contributed by atoms with Crippen molar-refractivity contribution >= 4 is 52.5 Å². The second kappa shape index (κ2) is 7.89. The maximum atomic E-state index is 13.2. The number of nitrogens with one attached hydrogen (secondary N) is 1. The number of para-hydroxylation sites is 1. The summed E-state index contributed by atoms with van der Waals surface area (Å²) in [6.07, 6.45) is 3.47. The average Bonchev–Trinajstić information content (AvgIpc) is 3.16. The number of carbonyl (C=O) groups excluding carboxylic acids is 2. The Balaban J connectivity index is 1.77. The topological polar surface area (TPSA) is 54.3 Å². The van der Waals surface area contributed by atoms with Gasteiger partial charge in [0.1, 0.15) is 5.57 Å². The van der Waals surface area contributed by atoms with Crippen molar-refractivity contribution in [1.82, 2.24) is 9.88 Å². The molecule has 7 heteroatoms. The highest BCUT2D eigenvalue weighted by molar-refractivity contribution is 7.80. The fraction of sp³-hybridized carbons (Fsp3) is 0.0870. The molecule has 0 radical (unpaired) electrons. The number of benzene rings is 2. The van der Waals surface area contributed by atoms with Crippen molar-refractivity contribution in [2.24, 2.45) is 0 Å². The Kier molecular flexibility index (Phi) is 5.28. The van der Waals surface area contributed by atoms with Crippen LogP contribution in [0.25, 0.3) is 11.8 Å². The first-order chi connectivity index (χ1) is 14.4. The lowest BCUT2D eigenvalue weighted by atomic mass is 10.1. The molecule has 4 rings (SSSR count). The first kappa shape index (κ1) is 20.1. The van der Waals surface area contributed by atoms with Crippen LogP contribution in [0.1, 0.15) is 16.8 Å². The molecule has 1 aromatic heterocycles. The molecule has 2 heterocycles. The van der Waals surface area contributed by atoms with E-state index in [1.54, 1.807) is 24.3 Å². The van der Waals surface area contributed by atoms with E-state index in [9.17, 15) is 9.59 Å². The Hall–Kier alpha value is -3.22. The van der Waals surface area contributed by atoms with Gasteiger partial charge < -0.3 is 4.57 Å². The number of thiocarbonyl (C=S) groups is 1. The van der Waals surface area contributed by atoms with E-state index in [-0.39, 0.29) is 10.7 Å². The quantitative estimate of drug-likeness (QED) is 0.372. The Morgan fingerprint density at radius 3 is 2.50 bits per heavy atom. The van der Waals surface area contributed by atoms with E-state index in [0.717, 1.165) is 16.8 Å². The molecule has 0 saturated carbocycles. The van der Waals surface area contributed by atoms with Crippen molar-refractivity contribution in [3.05, 3.63) is 88.2 Å². The Morgan fingerprint density at radius 1 is 1.00 bits per heavy atom. The van der Waals surface area contributed by atoms with Crippen LogP contribution in [0.3, 0.4) is 0 Å². The Labute approximate surface area is 184 Å². The third-order valence-corrected chi connectivity index (χ3v) is 5.65. The summed E-state index contributed by atoms with van der Waals surface area (Å²) in [5, 5.41) is 3.14. The number of carbonyl (C=O) groups is 2. The van der Waals surface area contributed by atoms with E-state index in [4.69, 9.17) is 23.8 Å². The third-order valence-electron chi connectivity index (χ3n) is 4.96. The summed E-state index contributed by atoms with van der Waals surface area (Å²) in [6, 6.07) is 16.8. The van der Waals surface area contributed by atoms with Crippen molar-refractivity contribution in [3.8, 4) is 5.69 Å². The maximum Gasteiger partial charge on any atom is 0.270 e. The van der Waals surface area contributed by atoms with E-state index in [1.165, 1.54) is 4.90 Å². The van der Waals surface area contributed by atoms with Crippen molar-refractivity contribution < 1.29 is 9.59 Å². The van der Waals surface area contributed by atoms with Crippen LogP contribution in [-0.4, -0.2) is 21.5 Å². The van der Waals surface area contributed by atoms with Gasteiger partial charge in [0.25, 0.3) is 11.8 Å². The minimum atomic E-state index is -0.531. The molecule has 1 aliphatic rings. The molecular formula is C23H18ClN3O2S. The van der Waals surface area contributed by atoms with Gasteiger partial charge in [0, 0.05) is 22.6 Å².